The van der Waals surface area contributed by atoms with Crippen molar-refractivity contribution in [3.63, 3.8) is 0 Å². The van der Waals surface area contributed by atoms with Gasteiger partial charge in [-0.3, -0.25) is 4.79 Å². The second kappa shape index (κ2) is 6.12. The number of nitrogens with zero attached hydrogens (tertiary/aromatic N) is 1. The molecule has 1 aromatic rings. The van der Waals surface area contributed by atoms with Gasteiger partial charge in [0, 0.05) is 25.7 Å². The van der Waals surface area contributed by atoms with Crippen LogP contribution < -0.4 is 10.2 Å². The minimum absolute atomic E-state index is 0.0617. The third-order valence-electron chi connectivity index (χ3n) is 2.38. The molecule has 0 radical (unpaired) electrons. The molecule has 0 spiro atoms. The third kappa shape index (κ3) is 3.55. The van der Waals surface area contributed by atoms with Crippen molar-refractivity contribution in [3.8, 4) is 5.75 Å². The van der Waals surface area contributed by atoms with Gasteiger partial charge in [0.05, 0.1) is 0 Å². The average Bonchev–Trinajstić information content (AvgIpc) is 2.29. The summed E-state index contributed by atoms with van der Waals surface area (Å²) in [5.41, 5.74) is 0.791. The van der Waals surface area contributed by atoms with Crippen LogP contribution in [0.5, 0.6) is 5.75 Å². The van der Waals surface area contributed by atoms with E-state index >= 15 is 0 Å². The molecule has 0 heterocycles. The fourth-order valence-corrected chi connectivity index (χ4v) is 1.36. The molecule has 0 saturated carbocycles. The first-order valence-corrected chi connectivity index (χ1v) is 5.41. The van der Waals surface area contributed by atoms with E-state index in [9.17, 15) is 4.79 Å². The second-order valence-corrected chi connectivity index (χ2v) is 3.57. The standard InChI is InChI=1S/C12H18N2O2/c1-3-13-9-8-12(16)14(2)10-4-6-11(15)7-5-10/h4-7,13,15H,3,8-9H2,1-2H3. The molecule has 0 fully saturated rings. The summed E-state index contributed by atoms with van der Waals surface area (Å²) in [4.78, 5) is 13.3. The van der Waals surface area contributed by atoms with E-state index in [1.54, 1.807) is 36.2 Å². The molecule has 88 valence electrons. The number of nitrogens with one attached hydrogen (secondary N) is 1. The molecule has 0 bridgehead atoms. The molecule has 0 aliphatic carbocycles. The maximum atomic E-state index is 11.7. The summed E-state index contributed by atoms with van der Waals surface area (Å²) in [6.45, 7) is 3.57. The van der Waals surface area contributed by atoms with E-state index in [4.69, 9.17) is 5.11 Å². The first-order chi connectivity index (χ1) is 7.65. The minimum atomic E-state index is 0.0617. The topological polar surface area (TPSA) is 52.6 Å². The van der Waals surface area contributed by atoms with Crippen LogP contribution in [0.2, 0.25) is 0 Å². The Bertz CT molecular complexity index is 335. The summed E-state index contributed by atoms with van der Waals surface area (Å²) in [6, 6.07) is 6.59. The SMILES string of the molecule is CCNCCC(=O)N(C)c1ccc(O)cc1. The van der Waals surface area contributed by atoms with Gasteiger partial charge in [0.15, 0.2) is 0 Å². The molecule has 0 aromatic heterocycles. The van der Waals surface area contributed by atoms with Crippen molar-refractivity contribution in [2.45, 2.75) is 13.3 Å². The Morgan fingerprint density at radius 1 is 1.38 bits per heavy atom. The molecule has 1 aromatic carbocycles. The number of anilines is 1. The first-order valence-electron chi connectivity index (χ1n) is 5.41. The van der Waals surface area contributed by atoms with E-state index in [1.165, 1.54) is 0 Å². The molecule has 16 heavy (non-hydrogen) atoms. The summed E-state index contributed by atoms with van der Waals surface area (Å²) in [5, 5.41) is 12.2. The van der Waals surface area contributed by atoms with E-state index in [2.05, 4.69) is 5.32 Å². The molecule has 0 atom stereocenters. The molecule has 0 saturated heterocycles. The van der Waals surface area contributed by atoms with Crippen LogP contribution in [-0.4, -0.2) is 31.2 Å². The number of amides is 1. The third-order valence-corrected chi connectivity index (χ3v) is 2.38. The number of aromatic hydroxyl groups is 1. The Balaban J connectivity index is 2.53. The largest absolute Gasteiger partial charge is 0.508 e. The van der Waals surface area contributed by atoms with Gasteiger partial charge in [-0.25, -0.2) is 0 Å². The lowest BCUT2D eigenvalue weighted by Crippen LogP contribution is -2.29. The Morgan fingerprint density at radius 2 is 2.00 bits per heavy atom. The molecule has 2 N–H and O–H groups in total. The highest BCUT2D eigenvalue weighted by Crippen LogP contribution is 2.17. The van der Waals surface area contributed by atoms with Crippen LogP contribution in [0.3, 0.4) is 0 Å². The predicted octanol–water partition coefficient (Wildman–Crippen LogP) is 1.35. The lowest BCUT2D eigenvalue weighted by Gasteiger charge is -2.17. The Hall–Kier alpha value is -1.55. The quantitative estimate of drug-likeness (QED) is 0.739. The van der Waals surface area contributed by atoms with Crippen molar-refractivity contribution in [1.82, 2.24) is 5.32 Å². The van der Waals surface area contributed by atoms with Gasteiger partial charge in [-0.05, 0) is 30.8 Å². The Morgan fingerprint density at radius 3 is 2.56 bits per heavy atom. The molecule has 0 aliphatic heterocycles. The smallest absolute Gasteiger partial charge is 0.227 e. The second-order valence-electron chi connectivity index (χ2n) is 3.57. The normalized spacial score (nSPS) is 10.1. The van der Waals surface area contributed by atoms with Gasteiger partial charge >= 0.3 is 0 Å². The molecule has 1 rings (SSSR count). The van der Waals surface area contributed by atoms with Crippen LogP contribution in [0, 0.1) is 0 Å². The van der Waals surface area contributed by atoms with E-state index < -0.39 is 0 Å². The minimum Gasteiger partial charge on any atom is -0.508 e. The van der Waals surface area contributed by atoms with Gasteiger partial charge in [-0.1, -0.05) is 6.92 Å². The van der Waals surface area contributed by atoms with Crippen molar-refractivity contribution in [1.29, 1.82) is 0 Å². The summed E-state index contributed by atoms with van der Waals surface area (Å²) in [7, 11) is 1.74. The average molecular weight is 222 g/mol. The number of carbonyl (C=O) groups excluding carboxylic acids is 1. The first kappa shape index (κ1) is 12.5. The molecule has 0 unspecified atom stereocenters. The lowest BCUT2D eigenvalue weighted by molar-refractivity contribution is -0.118. The number of phenols is 1. The van der Waals surface area contributed by atoms with E-state index in [-0.39, 0.29) is 11.7 Å². The predicted molar refractivity (Wildman–Crippen MR) is 64.7 cm³/mol. The molecule has 4 nitrogen and oxygen atoms in total. The van der Waals surface area contributed by atoms with Gasteiger partial charge in [0.25, 0.3) is 0 Å². The fraction of sp³-hybridized carbons (Fsp3) is 0.417. The van der Waals surface area contributed by atoms with Crippen LogP contribution in [0.1, 0.15) is 13.3 Å². The summed E-state index contributed by atoms with van der Waals surface area (Å²) in [5.74, 6) is 0.267. The van der Waals surface area contributed by atoms with Crippen LogP contribution >= 0.6 is 0 Å². The van der Waals surface area contributed by atoms with Gasteiger partial charge in [-0.15, -0.1) is 0 Å². The molecular weight excluding hydrogens is 204 g/mol. The number of carbonyl (C=O) groups is 1. The summed E-state index contributed by atoms with van der Waals surface area (Å²) < 4.78 is 0. The van der Waals surface area contributed by atoms with Crippen LogP contribution in [0.15, 0.2) is 24.3 Å². The van der Waals surface area contributed by atoms with Crippen molar-refractivity contribution in [3.05, 3.63) is 24.3 Å². The van der Waals surface area contributed by atoms with E-state index in [0.29, 0.717) is 13.0 Å². The highest BCUT2D eigenvalue weighted by Gasteiger charge is 2.09. The monoisotopic (exact) mass is 222 g/mol. The number of rotatable bonds is 5. The highest BCUT2D eigenvalue weighted by molar-refractivity contribution is 5.92. The van der Waals surface area contributed by atoms with Gasteiger partial charge in [0.2, 0.25) is 5.91 Å². The molecule has 0 aliphatic rings. The number of phenolic OH excluding ortho intramolecular Hbond substituents is 1. The molecular formula is C12H18N2O2. The number of hydrogen-bond donors (Lipinski definition) is 2. The van der Waals surface area contributed by atoms with Gasteiger partial charge in [-0.2, -0.15) is 0 Å². The van der Waals surface area contributed by atoms with Crippen molar-refractivity contribution >= 4 is 11.6 Å². The van der Waals surface area contributed by atoms with Crippen molar-refractivity contribution in [2.24, 2.45) is 0 Å². The lowest BCUT2D eigenvalue weighted by atomic mass is 10.2. The van der Waals surface area contributed by atoms with Crippen LogP contribution in [-0.2, 0) is 4.79 Å². The fourth-order valence-electron chi connectivity index (χ4n) is 1.36. The Kier molecular flexibility index (Phi) is 4.79. The van der Waals surface area contributed by atoms with Crippen LogP contribution in [0.25, 0.3) is 0 Å². The maximum absolute atomic E-state index is 11.7. The number of hydrogen-bond acceptors (Lipinski definition) is 3. The van der Waals surface area contributed by atoms with Crippen molar-refractivity contribution in [2.75, 3.05) is 25.0 Å². The Labute approximate surface area is 95.9 Å². The molecule has 1 amide bonds. The zero-order valence-corrected chi connectivity index (χ0v) is 9.73. The van der Waals surface area contributed by atoms with Crippen molar-refractivity contribution < 1.29 is 9.90 Å². The van der Waals surface area contributed by atoms with Gasteiger partial charge < -0.3 is 15.3 Å². The zero-order chi connectivity index (χ0) is 12.0. The van der Waals surface area contributed by atoms with Gasteiger partial charge in [0.1, 0.15) is 5.75 Å². The van der Waals surface area contributed by atoms with E-state index in [1.807, 2.05) is 6.92 Å². The zero-order valence-electron chi connectivity index (χ0n) is 9.73. The summed E-state index contributed by atoms with van der Waals surface area (Å²) >= 11 is 0. The molecule has 4 heteroatoms. The van der Waals surface area contributed by atoms with E-state index in [0.717, 1.165) is 12.2 Å². The highest BCUT2D eigenvalue weighted by atomic mass is 16.3. The van der Waals surface area contributed by atoms with Crippen LogP contribution in [0.4, 0.5) is 5.69 Å². The summed E-state index contributed by atoms with van der Waals surface area (Å²) in [6.07, 6.45) is 0.477. The maximum Gasteiger partial charge on any atom is 0.227 e. The number of benzene rings is 1.